The molecule has 10 N–H and O–H groups in total. The van der Waals surface area contributed by atoms with E-state index in [1.54, 1.807) is 91.0 Å². The van der Waals surface area contributed by atoms with E-state index < -0.39 is 0 Å². The van der Waals surface area contributed by atoms with Crippen LogP contribution in [0.3, 0.4) is 0 Å². The molecule has 13 nitrogen and oxygen atoms in total. The van der Waals surface area contributed by atoms with E-state index in [1.165, 1.54) is 29.8 Å². The summed E-state index contributed by atoms with van der Waals surface area (Å²) in [5.41, 5.74) is 4.87. The zero-order chi connectivity index (χ0) is 64.3. The highest BCUT2D eigenvalue weighted by atomic mass is 16.5. The molecule has 0 saturated heterocycles. The van der Waals surface area contributed by atoms with Crippen molar-refractivity contribution in [1.82, 2.24) is 0 Å². The fraction of sp³-hybridized carbons (Fsp3) is 0.333. The molecule has 8 aromatic rings. The number of para-hydroxylation sites is 5. The number of ether oxygens (including phenoxy) is 3. The molecule has 0 bridgehead atoms. The predicted octanol–water partition coefficient (Wildman–Crippen LogP) is 18.5. The minimum atomic E-state index is -0.0607. The molecule has 0 aliphatic rings. The van der Waals surface area contributed by atoms with E-state index >= 15 is 0 Å². The Kier molecular flexibility index (Phi) is 34.6. The highest BCUT2D eigenvalue weighted by Crippen LogP contribution is 2.33. The Morgan fingerprint density at radius 1 is 0.247 bits per heavy atom. The van der Waals surface area contributed by atoms with Crippen LogP contribution < -0.4 is 14.2 Å². The molecular weight excluding hydrogens is 1070 g/mol. The zero-order valence-corrected chi connectivity index (χ0v) is 52.6. The third-order valence-electron chi connectivity index (χ3n) is 11.6. The van der Waals surface area contributed by atoms with Crippen LogP contribution in [0.4, 0.5) is 0 Å². The summed E-state index contributed by atoms with van der Waals surface area (Å²) in [7, 11) is 0. The number of phenols is 10. The normalized spacial score (nSPS) is 10.3. The third kappa shape index (κ3) is 31.4. The summed E-state index contributed by atoms with van der Waals surface area (Å²) in [6, 6.07) is 52.7. The molecule has 0 atom stereocenters. The van der Waals surface area contributed by atoms with Gasteiger partial charge in [-0.1, -0.05) is 148 Å². The lowest BCUT2D eigenvalue weighted by Gasteiger charge is -2.09. The standard InChI is InChI=1S/5C9H12O2.3C9H12O/c1-7(2)11-9-5-3-8(10)4-6-9;1-6(2)8-5-7(10)3-4-9(8)11;1-6(2)7-3-4-8(10)9(11)5-7;1-7(2)11-9-6-4-3-5-8(9)10;1-6(2)7-4-3-5-8(10)9(7)11;1-7(2)8-3-5-9(10)6-4-8;1-8(2)10-9-6-4-3-5-7-9;1-7(2)8-5-3-4-6-9(8)10/h3-7,10H,1-2H3;2*3-6,10-11H,1-2H3;3-7,10H,1-2H3;3-6,10-11H,1-2H3;3-7,10H,1-2H3;3-8H,1-2H3;3-7,10H,1-2H3. The number of aromatic hydroxyl groups is 10. The number of benzene rings is 8. The van der Waals surface area contributed by atoms with Crippen LogP contribution >= 0.6 is 0 Å². The van der Waals surface area contributed by atoms with Crippen molar-refractivity contribution in [1.29, 1.82) is 0 Å². The van der Waals surface area contributed by atoms with E-state index in [2.05, 4.69) is 27.7 Å². The highest BCUT2D eigenvalue weighted by molar-refractivity contribution is 5.46. The van der Waals surface area contributed by atoms with E-state index in [0.717, 1.165) is 33.8 Å². The van der Waals surface area contributed by atoms with E-state index in [0.29, 0.717) is 35.0 Å². The Hall–Kier alpha value is -8.84. The van der Waals surface area contributed by atoms with Gasteiger partial charge in [0.05, 0.1) is 18.3 Å². The van der Waals surface area contributed by atoms with Crippen molar-refractivity contribution in [3.8, 4) is 74.7 Å². The molecule has 0 aromatic heterocycles. The molecule has 0 aliphatic carbocycles. The maximum Gasteiger partial charge on any atom is 0.161 e. The van der Waals surface area contributed by atoms with E-state index in [-0.39, 0.29) is 76.1 Å². The van der Waals surface area contributed by atoms with E-state index in [9.17, 15) is 20.4 Å². The second-order valence-corrected chi connectivity index (χ2v) is 21.9. The van der Waals surface area contributed by atoms with Gasteiger partial charge in [0.15, 0.2) is 34.5 Å². The minimum Gasteiger partial charge on any atom is -0.508 e. The van der Waals surface area contributed by atoms with E-state index in [4.69, 9.17) is 44.8 Å². The molecule has 8 aromatic carbocycles. The molecule has 0 radical (unpaired) electrons. The molecule has 85 heavy (non-hydrogen) atoms. The maximum atomic E-state index is 9.32. The van der Waals surface area contributed by atoms with Crippen LogP contribution in [0.2, 0.25) is 0 Å². The lowest BCUT2D eigenvalue weighted by atomic mass is 10.0. The number of rotatable bonds is 11. The van der Waals surface area contributed by atoms with Crippen LogP contribution in [-0.2, 0) is 0 Å². The molecular formula is C72H96O13. The number of hydrogen-bond donors (Lipinski definition) is 10. The van der Waals surface area contributed by atoms with Gasteiger partial charge in [0.25, 0.3) is 0 Å². The van der Waals surface area contributed by atoms with Crippen molar-refractivity contribution in [2.24, 2.45) is 0 Å². The Bertz CT molecular complexity index is 3030. The fourth-order valence-corrected chi connectivity index (χ4v) is 7.13. The first-order valence-corrected chi connectivity index (χ1v) is 28.7. The molecule has 0 fully saturated rings. The summed E-state index contributed by atoms with van der Waals surface area (Å²) in [6.45, 7) is 32.1. The summed E-state index contributed by atoms with van der Waals surface area (Å²) >= 11 is 0. The Morgan fingerprint density at radius 2 is 0.635 bits per heavy atom. The van der Waals surface area contributed by atoms with Crippen LogP contribution in [0.5, 0.6) is 74.7 Å². The molecule has 462 valence electrons. The topological polar surface area (TPSA) is 230 Å². The first-order chi connectivity index (χ1) is 39.9. The molecule has 0 aliphatic heterocycles. The molecule has 0 heterocycles. The van der Waals surface area contributed by atoms with Crippen molar-refractivity contribution in [2.45, 2.75) is 159 Å². The van der Waals surface area contributed by atoms with Gasteiger partial charge >= 0.3 is 0 Å². The van der Waals surface area contributed by atoms with Gasteiger partial charge in [-0.3, -0.25) is 0 Å². The van der Waals surface area contributed by atoms with Gasteiger partial charge in [0.1, 0.15) is 40.2 Å². The maximum absolute atomic E-state index is 9.32. The average molecular weight is 1170 g/mol. The van der Waals surface area contributed by atoms with Gasteiger partial charge in [-0.25, -0.2) is 0 Å². The van der Waals surface area contributed by atoms with Gasteiger partial charge in [0, 0.05) is 11.1 Å². The monoisotopic (exact) mass is 1170 g/mol. The second-order valence-electron chi connectivity index (χ2n) is 21.9. The van der Waals surface area contributed by atoms with Gasteiger partial charge in [-0.15, -0.1) is 0 Å². The van der Waals surface area contributed by atoms with Crippen molar-refractivity contribution >= 4 is 0 Å². The highest BCUT2D eigenvalue weighted by Gasteiger charge is 2.09. The van der Waals surface area contributed by atoms with Gasteiger partial charge in [0.2, 0.25) is 0 Å². The first-order valence-electron chi connectivity index (χ1n) is 28.7. The molecule has 0 unspecified atom stereocenters. The summed E-state index contributed by atoms with van der Waals surface area (Å²) < 4.78 is 16.1. The second kappa shape index (κ2) is 39.6. The van der Waals surface area contributed by atoms with E-state index in [1.807, 2.05) is 150 Å². The predicted molar refractivity (Wildman–Crippen MR) is 346 cm³/mol. The molecule has 0 saturated carbocycles. The van der Waals surface area contributed by atoms with Crippen molar-refractivity contribution in [2.75, 3.05) is 0 Å². The fourth-order valence-electron chi connectivity index (χ4n) is 7.13. The van der Waals surface area contributed by atoms with Crippen LogP contribution in [0.1, 0.15) is 168 Å². The average Bonchev–Trinajstić information content (AvgIpc) is 3.47. The smallest absolute Gasteiger partial charge is 0.161 e. The van der Waals surface area contributed by atoms with Crippen molar-refractivity contribution in [3.05, 3.63) is 210 Å². The number of hydrogen-bond acceptors (Lipinski definition) is 13. The molecule has 0 amide bonds. The van der Waals surface area contributed by atoms with Crippen molar-refractivity contribution < 1.29 is 65.3 Å². The lowest BCUT2D eigenvalue weighted by Crippen LogP contribution is -2.05. The summed E-state index contributed by atoms with van der Waals surface area (Å²) in [4.78, 5) is 0. The molecule has 13 heteroatoms. The molecule has 0 spiro atoms. The lowest BCUT2D eigenvalue weighted by molar-refractivity contribution is 0.232. The first kappa shape index (κ1) is 74.2. The van der Waals surface area contributed by atoms with Crippen LogP contribution in [0.15, 0.2) is 182 Å². The van der Waals surface area contributed by atoms with Gasteiger partial charge in [-0.2, -0.15) is 0 Å². The quantitative estimate of drug-likeness (QED) is 0.0430. The Labute approximate surface area is 506 Å². The van der Waals surface area contributed by atoms with Gasteiger partial charge < -0.3 is 65.3 Å². The number of phenolic OH excluding ortho intramolecular Hbond substituents is 10. The Balaban J connectivity index is 0.000000486. The summed E-state index contributed by atoms with van der Waals surface area (Å²) in [5.74, 6) is 5.57. The third-order valence-corrected chi connectivity index (χ3v) is 11.6. The largest absolute Gasteiger partial charge is 0.508 e. The van der Waals surface area contributed by atoms with Crippen LogP contribution in [-0.4, -0.2) is 69.4 Å². The minimum absolute atomic E-state index is 0.00231. The SMILES string of the molecule is CC(C)Oc1ccc(O)cc1.CC(C)Oc1ccccc1.CC(C)Oc1ccccc1O.CC(C)c1cc(O)ccc1O.CC(C)c1ccc(O)c(O)c1.CC(C)c1ccc(O)cc1.CC(C)c1cccc(O)c1O.CC(C)c1ccccc1O. The zero-order valence-electron chi connectivity index (χ0n) is 52.6. The summed E-state index contributed by atoms with van der Waals surface area (Å²) in [5, 5.41) is 91.2. The van der Waals surface area contributed by atoms with Crippen LogP contribution in [0, 0.1) is 0 Å². The summed E-state index contributed by atoms with van der Waals surface area (Å²) in [6.07, 6.45) is 0.547. The molecule has 8 rings (SSSR count). The van der Waals surface area contributed by atoms with Crippen molar-refractivity contribution in [3.63, 3.8) is 0 Å². The van der Waals surface area contributed by atoms with Crippen LogP contribution in [0.25, 0.3) is 0 Å². The van der Waals surface area contributed by atoms with Gasteiger partial charge in [-0.05, 0) is 191 Å². The Morgan fingerprint density at radius 3 is 1.06 bits per heavy atom.